The molecule has 4 heteroatoms. The number of thiophene rings is 1. The third-order valence-corrected chi connectivity index (χ3v) is 6.89. The summed E-state index contributed by atoms with van der Waals surface area (Å²) in [6, 6.07) is 3.25. The van der Waals surface area contributed by atoms with E-state index in [9.17, 15) is 4.79 Å². The van der Waals surface area contributed by atoms with Crippen LogP contribution in [0.4, 0.5) is 0 Å². The second-order valence-electron chi connectivity index (χ2n) is 7.53. The first-order valence-corrected chi connectivity index (χ1v) is 10.3. The van der Waals surface area contributed by atoms with Crippen molar-refractivity contribution in [1.82, 2.24) is 9.80 Å². The summed E-state index contributed by atoms with van der Waals surface area (Å²) >= 11 is 1.77. The SMILES string of the molecule is O=C(CN1CCCC1c1ccsc1)N1CCCC2CCCCC21. The predicted molar refractivity (Wildman–Crippen MR) is 94.6 cm³/mol. The molecule has 3 atom stereocenters. The highest BCUT2D eigenvalue weighted by Crippen LogP contribution is 2.36. The molecule has 0 spiro atoms. The molecule has 3 heterocycles. The minimum Gasteiger partial charge on any atom is -0.338 e. The number of hydrogen-bond donors (Lipinski definition) is 0. The highest BCUT2D eigenvalue weighted by Gasteiger charge is 2.37. The maximum absolute atomic E-state index is 13.0. The van der Waals surface area contributed by atoms with Gasteiger partial charge in [-0.05, 0) is 73.4 Å². The van der Waals surface area contributed by atoms with Gasteiger partial charge in [0.15, 0.2) is 0 Å². The lowest BCUT2D eigenvalue weighted by molar-refractivity contribution is -0.139. The number of hydrogen-bond acceptors (Lipinski definition) is 3. The molecule has 4 rings (SSSR count). The number of nitrogens with zero attached hydrogens (tertiary/aromatic N) is 2. The summed E-state index contributed by atoms with van der Waals surface area (Å²) in [5, 5.41) is 4.41. The minimum absolute atomic E-state index is 0.392. The molecule has 1 amide bonds. The smallest absolute Gasteiger partial charge is 0.237 e. The molecule has 2 aliphatic heterocycles. The van der Waals surface area contributed by atoms with Gasteiger partial charge in [0.05, 0.1) is 6.54 Å². The molecule has 3 fully saturated rings. The zero-order valence-electron chi connectivity index (χ0n) is 14.0. The van der Waals surface area contributed by atoms with Gasteiger partial charge in [0, 0.05) is 18.6 Å². The van der Waals surface area contributed by atoms with Crippen LogP contribution in [0.5, 0.6) is 0 Å². The van der Waals surface area contributed by atoms with E-state index in [1.807, 2.05) is 0 Å². The van der Waals surface area contributed by atoms with Crippen LogP contribution in [0.1, 0.15) is 63.0 Å². The summed E-state index contributed by atoms with van der Waals surface area (Å²) in [6.07, 6.45) is 10.2. The van der Waals surface area contributed by atoms with Gasteiger partial charge in [0.25, 0.3) is 0 Å². The Kier molecular flexibility index (Phi) is 4.72. The maximum Gasteiger partial charge on any atom is 0.237 e. The maximum atomic E-state index is 13.0. The summed E-state index contributed by atoms with van der Waals surface area (Å²) in [5.74, 6) is 1.18. The Balaban J connectivity index is 1.42. The Morgan fingerprint density at radius 1 is 1.09 bits per heavy atom. The Morgan fingerprint density at radius 3 is 2.78 bits per heavy atom. The number of fused-ring (bicyclic) bond motifs is 1. The van der Waals surface area contributed by atoms with Gasteiger partial charge in [0.1, 0.15) is 0 Å². The molecule has 1 aromatic rings. The van der Waals surface area contributed by atoms with Crippen molar-refractivity contribution in [3.8, 4) is 0 Å². The molecule has 1 aromatic heterocycles. The predicted octanol–water partition coefficient (Wildman–Crippen LogP) is 4.07. The van der Waals surface area contributed by atoms with Crippen LogP contribution in [0.2, 0.25) is 0 Å². The van der Waals surface area contributed by atoms with E-state index in [4.69, 9.17) is 0 Å². The Labute approximate surface area is 143 Å². The molecule has 3 aliphatic rings. The molecule has 3 unspecified atom stereocenters. The van der Waals surface area contributed by atoms with Crippen LogP contribution in [0.25, 0.3) is 0 Å². The fourth-order valence-electron chi connectivity index (χ4n) is 5.06. The number of carbonyl (C=O) groups excluding carboxylic acids is 1. The van der Waals surface area contributed by atoms with Crippen LogP contribution in [0.3, 0.4) is 0 Å². The van der Waals surface area contributed by atoms with Crippen LogP contribution >= 0.6 is 11.3 Å². The van der Waals surface area contributed by atoms with Gasteiger partial charge < -0.3 is 4.90 Å². The first kappa shape index (κ1) is 15.6. The average Bonchev–Trinajstić information content (AvgIpc) is 3.25. The molecular formula is C19H28N2OS. The van der Waals surface area contributed by atoms with Crippen molar-refractivity contribution in [3.05, 3.63) is 22.4 Å². The summed E-state index contributed by atoms with van der Waals surface area (Å²) < 4.78 is 0. The topological polar surface area (TPSA) is 23.6 Å². The van der Waals surface area contributed by atoms with Crippen molar-refractivity contribution >= 4 is 17.2 Å². The van der Waals surface area contributed by atoms with E-state index in [1.54, 1.807) is 11.3 Å². The van der Waals surface area contributed by atoms with Gasteiger partial charge in [-0.3, -0.25) is 9.69 Å². The van der Waals surface area contributed by atoms with Crippen molar-refractivity contribution in [3.63, 3.8) is 0 Å². The summed E-state index contributed by atoms with van der Waals surface area (Å²) in [4.78, 5) is 17.7. The standard InChI is InChI=1S/C19H28N2OS/c22-19(21-11-3-6-15-5-1-2-7-18(15)21)13-20-10-4-8-17(20)16-9-12-23-14-16/h9,12,14-15,17-18H,1-8,10-11,13H2. The van der Waals surface area contributed by atoms with Gasteiger partial charge in [0.2, 0.25) is 5.91 Å². The van der Waals surface area contributed by atoms with Gasteiger partial charge in [-0.2, -0.15) is 11.3 Å². The van der Waals surface area contributed by atoms with E-state index in [1.165, 1.54) is 56.9 Å². The Morgan fingerprint density at radius 2 is 1.91 bits per heavy atom. The van der Waals surface area contributed by atoms with Gasteiger partial charge in [-0.1, -0.05) is 12.8 Å². The molecule has 23 heavy (non-hydrogen) atoms. The molecule has 0 bridgehead atoms. The molecule has 3 nitrogen and oxygen atoms in total. The van der Waals surface area contributed by atoms with E-state index in [0.717, 1.165) is 19.0 Å². The first-order chi connectivity index (χ1) is 11.3. The quantitative estimate of drug-likeness (QED) is 0.833. The fourth-order valence-corrected chi connectivity index (χ4v) is 5.76. The van der Waals surface area contributed by atoms with Gasteiger partial charge >= 0.3 is 0 Å². The summed E-state index contributed by atoms with van der Waals surface area (Å²) in [5.41, 5.74) is 1.41. The largest absolute Gasteiger partial charge is 0.338 e. The van der Waals surface area contributed by atoms with Crippen LogP contribution < -0.4 is 0 Å². The first-order valence-electron chi connectivity index (χ1n) is 9.38. The summed E-state index contributed by atoms with van der Waals surface area (Å²) in [7, 11) is 0. The zero-order valence-corrected chi connectivity index (χ0v) is 14.8. The van der Waals surface area contributed by atoms with Gasteiger partial charge in [-0.25, -0.2) is 0 Å². The molecule has 0 aromatic carbocycles. The van der Waals surface area contributed by atoms with Crippen molar-refractivity contribution in [1.29, 1.82) is 0 Å². The highest BCUT2D eigenvalue weighted by atomic mass is 32.1. The highest BCUT2D eigenvalue weighted by molar-refractivity contribution is 7.07. The molecule has 1 saturated carbocycles. The normalized spacial score (nSPS) is 32.0. The third-order valence-electron chi connectivity index (χ3n) is 6.19. The van der Waals surface area contributed by atoms with Crippen LogP contribution in [-0.2, 0) is 4.79 Å². The van der Waals surface area contributed by atoms with Crippen LogP contribution in [0.15, 0.2) is 16.8 Å². The van der Waals surface area contributed by atoms with Crippen LogP contribution in [-0.4, -0.2) is 41.4 Å². The number of amides is 1. The van der Waals surface area contributed by atoms with E-state index >= 15 is 0 Å². The molecule has 0 radical (unpaired) electrons. The number of piperidine rings is 1. The van der Waals surface area contributed by atoms with E-state index in [-0.39, 0.29) is 0 Å². The Bertz CT molecular complexity index is 527. The van der Waals surface area contributed by atoms with Crippen molar-refractivity contribution in [2.45, 2.75) is 63.5 Å². The van der Waals surface area contributed by atoms with Crippen LogP contribution in [0, 0.1) is 5.92 Å². The lowest BCUT2D eigenvalue weighted by atomic mass is 9.78. The number of likely N-dealkylation sites (tertiary alicyclic amines) is 2. The van der Waals surface area contributed by atoms with E-state index in [2.05, 4.69) is 26.6 Å². The Hall–Kier alpha value is -0.870. The monoisotopic (exact) mass is 332 g/mol. The number of carbonyl (C=O) groups is 1. The lowest BCUT2D eigenvalue weighted by Gasteiger charge is -2.44. The lowest BCUT2D eigenvalue weighted by Crippen LogP contribution is -2.52. The second-order valence-corrected chi connectivity index (χ2v) is 8.31. The van der Waals surface area contributed by atoms with Crippen molar-refractivity contribution in [2.24, 2.45) is 5.92 Å². The molecule has 1 aliphatic carbocycles. The molecular weight excluding hydrogens is 304 g/mol. The third kappa shape index (κ3) is 3.20. The second kappa shape index (κ2) is 6.94. The molecule has 0 N–H and O–H groups in total. The van der Waals surface area contributed by atoms with E-state index < -0.39 is 0 Å². The molecule has 126 valence electrons. The van der Waals surface area contributed by atoms with Crippen molar-refractivity contribution < 1.29 is 4.79 Å². The average molecular weight is 333 g/mol. The zero-order chi connectivity index (χ0) is 15.6. The number of rotatable bonds is 3. The van der Waals surface area contributed by atoms with Crippen molar-refractivity contribution in [2.75, 3.05) is 19.6 Å². The fraction of sp³-hybridized carbons (Fsp3) is 0.737. The van der Waals surface area contributed by atoms with Gasteiger partial charge in [-0.15, -0.1) is 0 Å². The minimum atomic E-state index is 0.392. The summed E-state index contributed by atoms with van der Waals surface area (Å²) in [6.45, 7) is 2.70. The molecule has 2 saturated heterocycles. The van der Waals surface area contributed by atoms with E-state index in [0.29, 0.717) is 24.5 Å².